The molecule has 0 saturated carbocycles. The molecule has 0 unspecified atom stereocenters. The minimum absolute atomic E-state index is 0.0656. The maximum atomic E-state index is 12.8. The van der Waals surface area contributed by atoms with Gasteiger partial charge in [0.1, 0.15) is 0 Å². The molecule has 3 heterocycles. The van der Waals surface area contributed by atoms with Gasteiger partial charge in [0.25, 0.3) is 10.0 Å². The first kappa shape index (κ1) is 19.8. The van der Waals surface area contributed by atoms with Gasteiger partial charge in [-0.25, -0.2) is 13.4 Å². The van der Waals surface area contributed by atoms with Crippen molar-refractivity contribution in [2.45, 2.75) is 37.6 Å². The van der Waals surface area contributed by atoms with Gasteiger partial charge in [-0.3, -0.25) is 9.59 Å². The van der Waals surface area contributed by atoms with E-state index in [1.807, 2.05) is 0 Å². The van der Waals surface area contributed by atoms with Crippen LogP contribution in [0.15, 0.2) is 17.6 Å². The van der Waals surface area contributed by atoms with Gasteiger partial charge in [0.05, 0.1) is 25.0 Å². The highest BCUT2D eigenvalue weighted by molar-refractivity contribution is 7.89. The Morgan fingerprint density at radius 1 is 1.15 bits per heavy atom. The number of amides is 1. The zero-order valence-corrected chi connectivity index (χ0v) is 16.3. The average Bonchev–Trinajstić information content (AvgIpc) is 3.23. The summed E-state index contributed by atoms with van der Waals surface area (Å²) in [6.07, 6.45) is 4.88. The molecule has 150 valence electrons. The van der Waals surface area contributed by atoms with Crippen molar-refractivity contribution in [1.29, 1.82) is 0 Å². The van der Waals surface area contributed by atoms with Crippen LogP contribution in [-0.2, 0) is 24.3 Å². The Balaban J connectivity index is 1.50. The van der Waals surface area contributed by atoms with Crippen molar-refractivity contribution in [2.24, 2.45) is 11.8 Å². The normalized spacial score (nSPS) is 20.6. The number of ether oxygens (including phenoxy) is 1. The lowest BCUT2D eigenvalue weighted by atomic mass is 9.92. The second-order valence-electron chi connectivity index (χ2n) is 6.95. The van der Waals surface area contributed by atoms with E-state index in [0.29, 0.717) is 58.5 Å². The maximum absolute atomic E-state index is 12.8. The molecule has 0 radical (unpaired) electrons. The molecule has 10 heteroatoms. The van der Waals surface area contributed by atoms with Crippen LogP contribution in [-0.4, -0.2) is 72.3 Å². The van der Waals surface area contributed by atoms with Crippen LogP contribution in [0.25, 0.3) is 0 Å². The van der Waals surface area contributed by atoms with Crippen LogP contribution < -0.4 is 0 Å². The van der Waals surface area contributed by atoms with Crippen molar-refractivity contribution in [3.63, 3.8) is 0 Å². The van der Waals surface area contributed by atoms with Crippen molar-refractivity contribution < 1.29 is 22.7 Å². The number of hydrogen-bond acceptors (Lipinski definition) is 6. The number of aromatic nitrogens is 2. The Labute approximate surface area is 159 Å². The van der Waals surface area contributed by atoms with Crippen LogP contribution in [0, 0.1) is 11.8 Å². The molecule has 1 aromatic rings. The number of esters is 1. The quantitative estimate of drug-likeness (QED) is 0.727. The monoisotopic (exact) mass is 398 g/mol. The van der Waals surface area contributed by atoms with Crippen LogP contribution in [0.3, 0.4) is 0 Å². The Morgan fingerprint density at radius 3 is 2.33 bits per heavy atom. The third-order valence-corrected chi connectivity index (χ3v) is 7.14. The van der Waals surface area contributed by atoms with Crippen molar-refractivity contribution in [3.8, 4) is 0 Å². The highest BCUT2D eigenvalue weighted by Gasteiger charge is 2.36. The van der Waals surface area contributed by atoms with Gasteiger partial charge in [0.15, 0.2) is 5.03 Å². The number of aromatic amines is 1. The van der Waals surface area contributed by atoms with Gasteiger partial charge in [-0.2, -0.15) is 4.31 Å². The molecule has 1 aromatic heterocycles. The Morgan fingerprint density at radius 2 is 1.78 bits per heavy atom. The molecule has 0 spiro atoms. The molecule has 0 bridgehead atoms. The highest BCUT2D eigenvalue weighted by atomic mass is 32.2. The molecule has 1 amide bonds. The molecule has 0 aromatic carbocycles. The van der Waals surface area contributed by atoms with Crippen molar-refractivity contribution in [1.82, 2.24) is 19.2 Å². The lowest BCUT2D eigenvalue weighted by Crippen LogP contribution is -2.47. The second kappa shape index (κ2) is 8.39. The fourth-order valence-corrected chi connectivity index (χ4v) is 5.09. The summed E-state index contributed by atoms with van der Waals surface area (Å²) < 4.78 is 31.4. The van der Waals surface area contributed by atoms with Gasteiger partial charge >= 0.3 is 5.97 Å². The lowest BCUT2D eigenvalue weighted by molar-refractivity contribution is -0.152. The van der Waals surface area contributed by atoms with Crippen molar-refractivity contribution >= 4 is 21.9 Å². The first-order valence-corrected chi connectivity index (χ1v) is 10.8. The predicted octanol–water partition coefficient (Wildman–Crippen LogP) is 0.612. The zero-order chi connectivity index (χ0) is 19.4. The molecule has 2 aliphatic heterocycles. The standard InChI is InChI=1S/C17H26N4O5S/c1-2-26-17(23)14-3-7-20(8-4-14)16(22)13-5-9-21(10-6-13)27(24,25)15-11-18-12-19-15/h11-14H,2-10H2,1H3,(H,18,19). The first-order chi connectivity index (χ1) is 12.9. The van der Waals surface area contributed by atoms with E-state index in [4.69, 9.17) is 4.74 Å². The number of likely N-dealkylation sites (tertiary alicyclic amines) is 1. The predicted molar refractivity (Wildman–Crippen MR) is 96.0 cm³/mol. The molecule has 0 atom stereocenters. The van der Waals surface area contributed by atoms with Crippen LogP contribution in [0.5, 0.6) is 0 Å². The number of nitrogens with one attached hydrogen (secondary N) is 1. The molecule has 3 rings (SSSR count). The second-order valence-corrected chi connectivity index (χ2v) is 8.85. The number of carbonyl (C=O) groups is 2. The number of carbonyl (C=O) groups excluding carboxylic acids is 2. The van der Waals surface area contributed by atoms with Gasteiger partial charge < -0.3 is 14.6 Å². The topological polar surface area (TPSA) is 113 Å². The molecule has 2 fully saturated rings. The van der Waals surface area contributed by atoms with E-state index >= 15 is 0 Å². The summed E-state index contributed by atoms with van der Waals surface area (Å²) in [4.78, 5) is 32.8. The molecule has 2 saturated heterocycles. The van der Waals surface area contributed by atoms with E-state index in [9.17, 15) is 18.0 Å². The van der Waals surface area contributed by atoms with E-state index in [2.05, 4.69) is 9.97 Å². The lowest BCUT2D eigenvalue weighted by Gasteiger charge is -2.36. The third kappa shape index (κ3) is 4.32. The Hall–Kier alpha value is -1.94. The minimum Gasteiger partial charge on any atom is -0.466 e. The molecule has 27 heavy (non-hydrogen) atoms. The molecule has 9 nitrogen and oxygen atoms in total. The number of imidazole rings is 1. The van der Waals surface area contributed by atoms with Crippen LogP contribution in [0.4, 0.5) is 0 Å². The van der Waals surface area contributed by atoms with E-state index < -0.39 is 10.0 Å². The van der Waals surface area contributed by atoms with Gasteiger partial charge in [-0.1, -0.05) is 0 Å². The fraction of sp³-hybridized carbons (Fsp3) is 0.706. The van der Waals surface area contributed by atoms with Gasteiger partial charge in [-0.15, -0.1) is 0 Å². The van der Waals surface area contributed by atoms with Crippen LogP contribution in [0.1, 0.15) is 32.6 Å². The van der Waals surface area contributed by atoms with E-state index in [1.165, 1.54) is 16.8 Å². The summed E-state index contributed by atoms with van der Waals surface area (Å²) >= 11 is 0. The first-order valence-electron chi connectivity index (χ1n) is 9.37. The molecular weight excluding hydrogens is 372 g/mol. The van der Waals surface area contributed by atoms with E-state index in [1.54, 1.807) is 11.8 Å². The van der Waals surface area contributed by atoms with E-state index in [-0.39, 0.29) is 28.7 Å². The summed E-state index contributed by atoms with van der Waals surface area (Å²) in [7, 11) is -3.58. The SMILES string of the molecule is CCOC(=O)C1CCN(C(=O)C2CCN(S(=O)(=O)c3cnc[nH]3)CC2)CC1. The third-order valence-electron chi connectivity index (χ3n) is 5.32. The number of piperidine rings is 2. The largest absolute Gasteiger partial charge is 0.466 e. The summed E-state index contributed by atoms with van der Waals surface area (Å²) in [6, 6.07) is 0. The van der Waals surface area contributed by atoms with E-state index in [0.717, 1.165) is 0 Å². The molecule has 2 aliphatic rings. The number of rotatable bonds is 5. The van der Waals surface area contributed by atoms with Gasteiger partial charge in [-0.05, 0) is 32.6 Å². The number of H-pyrrole nitrogens is 1. The van der Waals surface area contributed by atoms with Crippen molar-refractivity contribution in [2.75, 3.05) is 32.8 Å². The number of nitrogens with zero attached hydrogens (tertiary/aromatic N) is 3. The Bertz CT molecular complexity index is 748. The van der Waals surface area contributed by atoms with Crippen LogP contribution >= 0.6 is 0 Å². The summed E-state index contributed by atoms with van der Waals surface area (Å²) in [5.74, 6) is -0.412. The number of sulfonamides is 1. The molecule has 0 aliphatic carbocycles. The van der Waals surface area contributed by atoms with Crippen molar-refractivity contribution in [3.05, 3.63) is 12.5 Å². The van der Waals surface area contributed by atoms with Gasteiger partial charge in [0, 0.05) is 32.1 Å². The molecular formula is C17H26N4O5S. The minimum atomic E-state index is -3.58. The highest BCUT2D eigenvalue weighted by Crippen LogP contribution is 2.26. The van der Waals surface area contributed by atoms with Gasteiger partial charge in [0.2, 0.25) is 5.91 Å². The summed E-state index contributed by atoms with van der Waals surface area (Å²) in [6.45, 7) is 3.89. The molecule has 1 N–H and O–H groups in total. The number of hydrogen-bond donors (Lipinski definition) is 1. The van der Waals surface area contributed by atoms with Crippen LogP contribution in [0.2, 0.25) is 0 Å². The average molecular weight is 398 g/mol. The fourth-order valence-electron chi connectivity index (χ4n) is 3.72. The Kier molecular flexibility index (Phi) is 6.15. The smallest absolute Gasteiger partial charge is 0.309 e. The maximum Gasteiger partial charge on any atom is 0.309 e. The zero-order valence-electron chi connectivity index (χ0n) is 15.5. The summed E-state index contributed by atoms with van der Waals surface area (Å²) in [5, 5.41) is 0.0771. The summed E-state index contributed by atoms with van der Waals surface area (Å²) in [5.41, 5.74) is 0.